The van der Waals surface area contributed by atoms with Crippen LogP contribution in [0.5, 0.6) is 5.75 Å². The van der Waals surface area contributed by atoms with Crippen LogP contribution >= 0.6 is 0 Å². The Balaban J connectivity index is 1.77. The number of carbonyl (C=O) groups excluding carboxylic acids is 1. The van der Waals surface area contributed by atoms with E-state index >= 15 is 0 Å². The average Bonchev–Trinajstić information content (AvgIpc) is 2.94. The van der Waals surface area contributed by atoms with Crippen molar-refractivity contribution >= 4 is 23.0 Å². The van der Waals surface area contributed by atoms with Crippen LogP contribution < -0.4 is 10.2 Å². The van der Waals surface area contributed by atoms with Gasteiger partial charge in [-0.3, -0.25) is 4.79 Å². The molecule has 0 aliphatic carbocycles. The van der Waals surface area contributed by atoms with Crippen molar-refractivity contribution in [3.8, 4) is 5.75 Å². The van der Waals surface area contributed by atoms with Crippen LogP contribution in [0.15, 0.2) is 53.6 Å². The molecule has 2 aromatic carbocycles. The number of carbonyl (C=O) groups is 1. The van der Waals surface area contributed by atoms with E-state index in [0.29, 0.717) is 12.2 Å². The van der Waals surface area contributed by atoms with E-state index in [1.165, 1.54) is 5.52 Å². The maximum absolute atomic E-state index is 12.2. The maximum Gasteiger partial charge on any atom is 0.271 e. The van der Waals surface area contributed by atoms with Gasteiger partial charge in [-0.05, 0) is 51.1 Å². The Morgan fingerprint density at radius 1 is 1.15 bits per heavy atom. The van der Waals surface area contributed by atoms with Crippen LogP contribution in [0.2, 0.25) is 0 Å². The summed E-state index contributed by atoms with van der Waals surface area (Å²) in [5, 5.41) is 5.30. The topological polar surface area (TPSA) is 55.6 Å². The first kappa shape index (κ1) is 17.7. The van der Waals surface area contributed by atoms with Crippen LogP contribution in [0.1, 0.15) is 35.5 Å². The Bertz CT molecular complexity index is 940. The highest BCUT2D eigenvalue weighted by atomic mass is 16.5. The SMILES string of the molecule is CCOc1ccc(C(=O)N/N=C/c2c(C)n(CC)c3ccccc23)cc1. The smallest absolute Gasteiger partial charge is 0.271 e. The molecule has 0 saturated carbocycles. The van der Waals surface area contributed by atoms with Crippen LogP contribution in [-0.2, 0) is 6.54 Å². The lowest BCUT2D eigenvalue weighted by Crippen LogP contribution is -2.17. The fourth-order valence-electron chi connectivity index (χ4n) is 3.12. The molecule has 1 amide bonds. The minimum Gasteiger partial charge on any atom is -0.494 e. The molecule has 0 saturated heterocycles. The number of nitrogens with zero attached hydrogens (tertiary/aromatic N) is 2. The van der Waals surface area contributed by atoms with E-state index in [9.17, 15) is 4.79 Å². The van der Waals surface area contributed by atoms with Gasteiger partial charge in [0.2, 0.25) is 0 Å². The number of hydrazone groups is 1. The zero-order valence-corrected chi connectivity index (χ0v) is 15.3. The molecule has 3 aromatic rings. The van der Waals surface area contributed by atoms with E-state index in [1.807, 2.05) is 19.1 Å². The molecular formula is C21H23N3O2. The summed E-state index contributed by atoms with van der Waals surface area (Å²) in [5.74, 6) is 0.497. The summed E-state index contributed by atoms with van der Waals surface area (Å²) in [5.41, 5.74) is 6.47. The second-order valence-corrected chi connectivity index (χ2v) is 5.92. The van der Waals surface area contributed by atoms with Crippen molar-refractivity contribution < 1.29 is 9.53 Å². The van der Waals surface area contributed by atoms with Gasteiger partial charge in [0.1, 0.15) is 5.75 Å². The molecular weight excluding hydrogens is 326 g/mol. The number of rotatable bonds is 6. The predicted molar refractivity (Wildman–Crippen MR) is 105 cm³/mol. The molecule has 0 atom stereocenters. The van der Waals surface area contributed by atoms with Gasteiger partial charge in [-0.15, -0.1) is 0 Å². The van der Waals surface area contributed by atoms with Gasteiger partial charge in [0.25, 0.3) is 5.91 Å². The summed E-state index contributed by atoms with van der Waals surface area (Å²) < 4.78 is 7.62. The number of hydrogen-bond acceptors (Lipinski definition) is 3. The second-order valence-electron chi connectivity index (χ2n) is 5.92. The lowest BCUT2D eigenvalue weighted by Gasteiger charge is -2.04. The lowest BCUT2D eigenvalue weighted by molar-refractivity contribution is 0.0955. The number of nitrogens with one attached hydrogen (secondary N) is 1. The normalized spacial score (nSPS) is 11.2. The predicted octanol–water partition coefficient (Wildman–Crippen LogP) is 4.13. The minimum atomic E-state index is -0.249. The molecule has 0 bridgehead atoms. The Labute approximate surface area is 153 Å². The lowest BCUT2D eigenvalue weighted by atomic mass is 10.1. The van der Waals surface area contributed by atoms with Crippen molar-refractivity contribution in [2.24, 2.45) is 5.10 Å². The van der Waals surface area contributed by atoms with Crippen molar-refractivity contribution in [2.45, 2.75) is 27.3 Å². The van der Waals surface area contributed by atoms with Crippen molar-refractivity contribution in [2.75, 3.05) is 6.61 Å². The molecule has 3 rings (SSSR count). The first-order chi connectivity index (χ1) is 12.7. The van der Waals surface area contributed by atoms with Gasteiger partial charge in [0.05, 0.1) is 12.8 Å². The number of ether oxygens (including phenoxy) is 1. The molecule has 0 aliphatic heterocycles. The number of aromatic nitrogens is 1. The fraction of sp³-hybridized carbons (Fsp3) is 0.238. The van der Waals surface area contributed by atoms with Crippen LogP contribution in [-0.4, -0.2) is 23.3 Å². The third kappa shape index (κ3) is 3.47. The maximum atomic E-state index is 12.2. The highest BCUT2D eigenvalue weighted by molar-refractivity contribution is 6.02. The van der Waals surface area contributed by atoms with Gasteiger partial charge < -0.3 is 9.30 Å². The average molecular weight is 349 g/mol. The molecule has 0 fully saturated rings. The first-order valence-corrected chi connectivity index (χ1v) is 8.79. The van der Waals surface area contributed by atoms with Crippen LogP contribution in [0, 0.1) is 6.92 Å². The molecule has 5 heteroatoms. The Kier molecular flexibility index (Phi) is 5.37. The Hall–Kier alpha value is -3.08. The Morgan fingerprint density at radius 3 is 2.58 bits per heavy atom. The quantitative estimate of drug-likeness (QED) is 0.537. The van der Waals surface area contributed by atoms with E-state index in [2.05, 4.69) is 41.1 Å². The molecule has 5 nitrogen and oxygen atoms in total. The minimum absolute atomic E-state index is 0.249. The van der Waals surface area contributed by atoms with E-state index in [0.717, 1.165) is 28.9 Å². The molecule has 0 radical (unpaired) electrons. The van der Waals surface area contributed by atoms with Gasteiger partial charge in [-0.1, -0.05) is 18.2 Å². The zero-order chi connectivity index (χ0) is 18.5. The van der Waals surface area contributed by atoms with Crippen LogP contribution in [0.25, 0.3) is 10.9 Å². The fourth-order valence-corrected chi connectivity index (χ4v) is 3.12. The van der Waals surface area contributed by atoms with Gasteiger partial charge in [0, 0.05) is 34.3 Å². The van der Waals surface area contributed by atoms with Crippen molar-refractivity contribution in [1.82, 2.24) is 9.99 Å². The summed E-state index contributed by atoms with van der Waals surface area (Å²) in [7, 11) is 0. The molecule has 0 aliphatic rings. The van der Waals surface area contributed by atoms with Crippen molar-refractivity contribution in [1.29, 1.82) is 0 Å². The third-order valence-electron chi connectivity index (χ3n) is 4.38. The van der Waals surface area contributed by atoms with Crippen molar-refractivity contribution in [3.63, 3.8) is 0 Å². The standard InChI is InChI=1S/C21H23N3O2/c1-4-24-15(3)19(18-8-6-7-9-20(18)24)14-22-23-21(25)16-10-12-17(13-11-16)26-5-2/h6-14H,4-5H2,1-3H3,(H,23,25)/b22-14+. The third-order valence-corrected chi connectivity index (χ3v) is 4.38. The van der Waals surface area contributed by atoms with E-state index in [1.54, 1.807) is 30.5 Å². The van der Waals surface area contributed by atoms with Gasteiger partial charge in [-0.2, -0.15) is 5.10 Å². The Morgan fingerprint density at radius 2 is 1.88 bits per heavy atom. The van der Waals surface area contributed by atoms with E-state index < -0.39 is 0 Å². The molecule has 134 valence electrons. The summed E-state index contributed by atoms with van der Waals surface area (Å²) in [6.45, 7) is 7.60. The number of hydrogen-bond donors (Lipinski definition) is 1. The molecule has 26 heavy (non-hydrogen) atoms. The van der Waals surface area contributed by atoms with Crippen LogP contribution in [0.3, 0.4) is 0 Å². The van der Waals surface area contributed by atoms with Crippen LogP contribution in [0.4, 0.5) is 0 Å². The van der Waals surface area contributed by atoms with E-state index in [-0.39, 0.29) is 5.91 Å². The summed E-state index contributed by atoms with van der Waals surface area (Å²) in [4.78, 5) is 12.2. The van der Waals surface area contributed by atoms with Crippen molar-refractivity contribution in [3.05, 3.63) is 65.4 Å². The molecule has 0 unspecified atom stereocenters. The van der Waals surface area contributed by atoms with Gasteiger partial charge >= 0.3 is 0 Å². The number of para-hydroxylation sites is 1. The van der Waals surface area contributed by atoms with Gasteiger partial charge in [0.15, 0.2) is 0 Å². The number of aryl methyl sites for hydroxylation is 1. The number of benzene rings is 2. The summed E-state index contributed by atoms with van der Waals surface area (Å²) >= 11 is 0. The highest BCUT2D eigenvalue weighted by Gasteiger charge is 2.11. The monoisotopic (exact) mass is 349 g/mol. The first-order valence-electron chi connectivity index (χ1n) is 8.79. The highest BCUT2D eigenvalue weighted by Crippen LogP contribution is 2.24. The molecule has 1 N–H and O–H groups in total. The summed E-state index contributed by atoms with van der Waals surface area (Å²) in [6, 6.07) is 15.2. The zero-order valence-electron chi connectivity index (χ0n) is 15.3. The summed E-state index contributed by atoms with van der Waals surface area (Å²) in [6.07, 6.45) is 1.72. The molecule has 1 heterocycles. The molecule has 0 spiro atoms. The van der Waals surface area contributed by atoms with Gasteiger partial charge in [-0.25, -0.2) is 5.43 Å². The number of fused-ring (bicyclic) bond motifs is 1. The number of amides is 1. The molecule has 1 aromatic heterocycles. The second kappa shape index (κ2) is 7.87. The largest absolute Gasteiger partial charge is 0.494 e. The van der Waals surface area contributed by atoms with E-state index in [4.69, 9.17) is 4.74 Å².